The first kappa shape index (κ1) is 14.9. The Kier molecular flexibility index (Phi) is 4.69. The first-order chi connectivity index (χ1) is 9.50. The highest BCUT2D eigenvalue weighted by atomic mass is 15.1. The number of nitrogens with one attached hydrogen (secondary N) is 1. The maximum Gasteiger partial charge on any atom is 0.0963 e. The summed E-state index contributed by atoms with van der Waals surface area (Å²) in [6.07, 6.45) is 5.77. The topological polar surface area (TPSA) is 53.1 Å². The number of anilines is 1. The van der Waals surface area contributed by atoms with Crippen LogP contribution in [-0.2, 0) is 6.42 Å². The highest BCUT2D eigenvalue weighted by Gasteiger charge is 2.21. The van der Waals surface area contributed by atoms with Crippen molar-refractivity contribution in [3.05, 3.63) is 29.8 Å². The minimum Gasteiger partial charge on any atom is -0.387 e. The maximum atomic E-state index is 7.59. The Labute approximate surface area is 122 Å². The quantitative estimate of drug-likeness (QED) is 0.473. The average Bonchev–Trinajstić information content (AvgIpc) is 2.43. The van der Waals surface area contributed by atoms with E-state index in [0.29, 0.717) is 5.84 Å². The van der Waals surface area contributed by atoms with E-state index in [2.05, 4.69) is 43.0 Å². The van der Waals surface area contributed by atoms with Crippen molar-refractivity contribution in [2.24, 2.45) is 11.1 Å². The number of unbranched alkanes of at least 4 members (excludes halogenated alkanes) is 1. The molecule has 0 unspecified atom stereocenters. The number of aryl methyl sites for hydroxylation is 1. The van der Waals surface area contributed by atoms with E-state index in [-0.39, 0.29) is 5.41 Å². The molecular formula is C17H27N3. The number of benzene rings is 1. The molecule has 0 spiro atoms. The molecule has 3 nitrogen and oxygen atoms in total. The average molecular weight is 273 g/mol. The van der Waals surface area contributed by atoms with Gasteiger partial charge in [0.25, 0.3) is 0 Å². The van der Waals surface area contributed by atoms with Gasteiger partial charge in [-0.1, -0.05) is 38.5 Å². The standard InChI is InChI=1S/C17H27N3/c1-17(2,16(18)19)11-5-6-12-20-13-7-9-14-8-3-4-10-15(14)20/h3-4,8,10H,5-7,9,11-13H2,1-2H3,(H3,18,19). The lowest BCUT2D eigenvalue weighted by atomic mass is 9.86. The molecular weight excluding hydrogens is 246 g/mol. The van der Waals surface area contributed by atoms with Gasteiger partial charge in [-0.25, -0.2) is 0 Å². The Balaban J connectivity index is 1.83. The molecule has 3 N–H and O–H groups in total. The predicted octanol–water partition coefficient (Wildman–Crippen LogP) is 3.57. The molecule has 20 heavy (non-hydrogen) atoms. The summed E-state index contributed by atoms with van der Waals surface area (Å²) in [5.74, 6) is 0.306. The van der Waals surface area contributed by atoms with Gasteiger partial charge in [-0.3, -0.25) is 5.41 Å². The van der Waals surface area contributed by atoms with Crippen LogP contribution >= 0.6 is 0 Å². The van der Waals surface area contributed by atoms with Crippen molar-refractivity contribution in [3.8, 4) is 0 Å². The van der Waals surface area contributed by atoms with E-state index in [1.54, 1.807) is 0 Å². The summed E-state index contributed by atoms with van der Waals surface area (Å²) >= 11 is 0. The van der Waals surface area contributed by atoms with Crippen molar-refractivity contribution in [3.63, 3.8) is 0 Å². The fraction of sp³-hybridized carbons (Fsp3) is 0.588. The Bertz CT molecular complexity index is 465. The van der Waals surface area contributed by atoms with Crippen LogP contribution < -0.4 is 10.6 Å². The number of hydrogen-bond acceptors (Lipinski definition) is 2. The van der Waals surface area contributed by atoms with Crippen LogP contribution in [0.25, 0.3) is 0 Å². The molecule has 0 fully saturated rings. The van der Waals surface area contributed by atoms with Crippen LogP contribution in [0.2, 0.25) is 0 Å². The molecule has 3 heteroatoms. The van der Waals surface area contributed by atoms with Crippen molar-refractivity contribution in [1.29, 1.82) is 5.41 Å². The Morgan fingerprint density at radius 1 is 1.30 bits per heavy atom. The summed E-state index contributed by atoms with van der Waals surface area (Å²) in [5, 5.41) is 7.59. The molecule has 1 aromatic rings. The summed E-state index contributed by atoms with van der Waals surface area (Å²) in [7, 11) is 0. The number of amidine groups is 1. The zero-order valence-electron chi connectivity index (χ0n) is 12.8. The van der Waals surface area contributed by atoms with Crippen molar-refractivity contribution >= 4 is 11.5 Å². The van der Waals surface area contributed by atoms with Crippen LogP contribution in [0.5, 0.6) is 0 Å². The fourth-order valence-electron chi connectivity index (χ4n) is 2.85. The number of para-hydroxylation sites is 1. The normalized spacial score (nSPS) is 15.0. The third-order valence-corrected chi connectivity index (χ3v) is 4.42. The zero-order chi connectivity index (χ0) is 14.6. The lowest BCUT2D eigenvalue weighted by Gasteiger charge is -2.31. The monoisotopic (exact) mass is 273 g/mol. The Hall–Kier alpha value is -1.51. The highest BCUT2D eigenvalue weighted by molar-refractivity contribution is 5.82. The van der Waals surface area contributed by atoms with Gasteiger partial charge >= 0.3 is 0 Å². The largest absolute Gasteiger partial charge is 0.387 e. The number of nitrogens with two attached hydrogens (primary N) is 1. The van der Waals surface area contributed by atoms with Crippen LogP contribution in [0.4, 0.5) is 5.69 Å². The minimum atomic E-state index is -0.153. The maximum absolute atomic E-state index is 7.59. The first-order valence-electron chi connectivity index (χ1n) is 7.68. The van der Waals surface area contributed by atoms with Gasteiger partial charge in [-0.2, -0.15) is 0 Å². The van der Waals surface area contributed by atoms with E-state index < -0.39 is 0 Å². The molecule has 0 aliphatic carbocycles. The summed E-state index contributed by atoms with van der Waals surface area (Å²) in [4.78, 5) is 2.51. The van der Waals surface area contributed by atoms with Crippen molar-refractivity contribution in [2.45, 2.75) is 46.0 Å². The molecule has 1 heterocycles. The van der Waals surface area contributed by atoms with Crippen molar-refractivity contribution < 1.29 is 0 Å². The SMILES string of the molecule is CC(C)(CCCCN1CCCc2ccccc21)C(=N)N. The molecule has 0 saturated heterocycles. The molecule has 1 aliphatic rings. The van der Waals surface area contributed by atoms with Gasteiger partial charge in [0.15, 0.2) is 0 Å². The van der Waals surface area contributed by atoms with Gasteiger partial charge in [0.2, 0.25) is 0 Å². The lowest BCUT2D eigenvalue weighted by Crippen LogP contribution is -2.32. The molecule has 110 valence electrons. The molecule has 0 saturated carbocycles. The van der Waals surface area contributed by atoms with E-state index in [1.807, 2.05) is 0 Å². The molecule has 0 amide bonds. The van der Waals surface area contributed by atoms with E-state index in [1.165, 1.54) is 37.1 Å². The predicted molar refractivity (Wildman–Crippen MR) is 86.5 cm³/mol. The Morgan fingerprint density at radius 3 is 2.80 bits per heavy atom. The van der Waals surface area contributed by atoms with E-state index in [0.717, 1.165) is 19.4 Å². The molecule has 1 aromatic carbocycles. The molecule has 0 radical (unpaired) electrons. The minimum absolute atomic E-state index is 0.153. The first-order valence-corrected chi connectivity index (χ1v) is 7.68. The van der Waals surface area contributed by atoms with Crippen molar-refractivity contribution in [2.75, 3.05) is 18.0 Å². The van der Waals surface area contributed by atoms with Crippen LogP contribution in [0.3, 0.4) is 0 Å². The number of nitrogens with zero attached hydrogens (tertiary/aromatic N) is 1. The van der Waals surface area contributed by atoms with Gasteiger partial charge in [0.1, 0.15) is 0 Å². The summed E-state index contributed by atoms with van der Waals surface area (Å²) in [5.41, 5.74) is 8.39. The van der Waals surface area contributed by atoms with Crippen LogP contribution in [0.1, 0.15) is 45.1 Å². The Morgan fingerprint density at radius 2 is 2.05 bits per heavy atom. The third kappa shape index (κ3) is 3.53. The number of hydrogen-bond donors (Lipinski definition) is 2. The second kappa shape index (κ2) is 6.29. The summed E-state index contributed by atoms with van der Waals surface area (Å²) in [6, 6.07) is 8.77. The second-order valence-electron chi connectivity index (χ2n) is 6.47. The van der Waals surface area contributed by atoms with Crippen LogP contribution in [0.15, 0.2) is 24.3 Å². The molecule has 1 aliphatic heterocycles. The van der Waals surface area contributed by atoms with Gasteiger partial charge in [-0.05, 0) is 37.3 Å². The van der Waals surface area contributed by atoms with E-state index in [4.69, 9.17) is 11.1 Å². The van der Waals surface area contributed by atoms with Gasteiger partial charge in [0, 0.05) is 24.2 Å². The highest BCUT2D eigenvalue weighted by Crippen LogP contribution is 2.28. The summed E-state index contributed by atoms with van der Waals surface area (Å²) in [6.45, 7) is 6.41. The van der Waals surface area contributed by atoms with Gasteiger partial charge in [-0.15, -0.1) is 0 Å². The van der Waals surface area contributed by atoms with Gasteiger partial charge < -0.3 is 10.6 Å². The number of fused-ring (bicyclic) bond motifs is 1. The lowest BCUT2D eigenvalue weighted by molar-refractivity contribution is 0.440. The molecule has 0 bridgehead atoms. The fourth-order valence-corrected chi connectivity index (χ4v) is 2.85. The second-order valence-corrected chi connectivity index (χ2v) is 6.47. The number of rotatable bonds is 6. The summed E-state index contributed by atoms with van der Waals surface area (Å²) < 4.78 is 0. The van der Waals surface area contributed by atoms with Gasteiger partial charge in [0.05, 0.1) is 5.84 Å². The molecule has 0 aromatic heterocycles. The smallest absolute Gasteiger partial charge is 0.0963 e. The van der Waals surface area contributed by atoms with Crippen LogP contribution in [-0.4, -0.2) is 18.9 Å². The van der Waals surface area contributed by atoms with E-state index >= 15 is 0 Å². The van der Waals surface area contributed by atoms with Crippen LogP contribution in [0, 0.1) is 10.8 Å². The van der Waals surface area contributed by atoms with Crippen molar-refractivity contribution in [1.82, 2.24) is 0 Å². The zero-order valence-corrected chi connectivity index (χ0v) is 12.8. The molecule has 0 atom stereocenters. The van der Waals surface area contributed by atoms with E-state index in [9.17, 15) is 0 Å². The molecule has 2 rings (SSSR count). The third-order valence-electron chi connectivity index (χ3n) is 4.42.